The van der Waals surface area contributed by atoms with E-state index in [0.29, 0.717) is 18.1 Å². The van der Waals surface area contributed by atoms with Crippen LogP contribution in [0, 0.1) is 0 Å². The summed E-state index contributed by atoms with van der Waals surface area (Å²) in [5.74, 6) is 2.03. The molecule has 5 rings (SSSR count). The van der Waals surface area contributed by atoms with Gasteiger partial charge in [0.25, 0.3) is 0 Å². The van der Waals surface area contributed by atoms with Crippen LogP contribution in [0.4, 0.5) is 0 Å². The predicted octanol–water partition coefficient (Wildman–Crippen LogP) is 3.20. The molecule has 1 aliphatic heterocycles. The fourth-order valence-electron chi connectivity index (χ4n) is 3.21. The van der Waals surface area contributed by atoms with Gasteiger partial charge in [0.1, 0.15) is 12.2 Å². The summed E-state index contributed by atoms with van der Waals surface area (Å²) in [6, 6.07) is 13.4. The van der Waals surface area contributed by atoms with Crippen LogP contribution in [0.1, 0.15) is 5.56 Å². The molecule has 28 heavy (non-hydrogen) atoms. The standard InChI is InChI=1S/C20H16N4O3S/c25-19(21-8-13-5-6-17-18(7-13)27-12-26-17)9-24-16-4-2-1-3-14(16)23-20(24)15-10-28-11-22-15/h1-7,10-11H,8-9,12H2,(H,21,25). The first-order chi connectivity index (χ1) is 13.8. The number of nitrogens with zero attached hydrogens (tertiary/aromatic N) is 3. The van der Waals surface area contributed by atoms with Crippen molar-refractivity contribution >= 4 is 28.3 Å². The molecule has 4 aromatic rings. The molecule has 0 unspecified atom stereocenters. The van der Waals surface area contributed by atoms with Gasteiger partial charge in [-0.3, -0.25) is 4.79 Å². The molecule has 0 radical (unpaired) electrons. The molecule has 0 saturated carbocycles. The van der Waals surface area contributed by atoms with Gasteiger partial charge in [-0.25, -0.2) is 9.97 Å². The molecule has 0 bridgehead atoms. The predicted molar refractivity (Wildman–Crippen MR) is 105 cm³/mol. The van der Waals surface area contributed by atoms with Crippen LogP contribution in [0.2, 0.25) is 0 Å². The third-order valence-electron chi connectivity index (χ3n) is 4.54. The first kappa shape index (κ1) is 16.8. The summed E-state index contributed by atoms with van der Waals surface area (Å²) in [6.07, 6.45) is 0. The van der Waals surface area contributed by atoms with Crippen LogP contribution in [0.25, 0.3) is 22.6 Å². The molecule has 0 spiro atoms. The summed E-state index contributed by atoms with van der Waals surface area (Å²) in [5.41, 5.74) is 5.23. The van der Waals surface area contributed by atoms with Gasteiger partial charge in [0.05, 0.1) is 16.5 Å². The normalized spacial score (nSPS) is 12.4. The number of rotatable bonds is 5. The Morgan fingerprint density at radius 1 is 1.18 bits per heavy atom. The first-order valence-electron chi connectivity index (χ1n) is 8.77. The Hall–Kier alpha value is -3.39. The average molecular weight is 392 g/mol. The Labute approximate surface area is 164 Å². The van der Waals surface area contributed by atoms with Crippen molar-refractivity contribution in [2.24, 2.45) is 0 Å². The summed E-state index contributed by atoms with van der Waals surface area (Å²) < 4.78 is 12.6. The molecule has 0 saturated heterocycles. The van der Waals surface area contributed by atoms with Gasteiger partial charge in [0.15, 0.2) is 17.3 Å². The number of benzene rings is 2. The van der Waals surface area contributed by atoms with Crippen molar-refractivity contribution in [1.82, 2.24) is 19.9 Å². The van der Waals surface area contributed by atoms with Crippen molar-refractivity contribution in [1.29, 1.82) is 0 Å². The van der Waals surface area contributed by atoms with E-state index in [2.05, 4.69) is 15.3 Å². The second kappa shape index (κ2) is 6.97. The van der Waals surface area contributed by atoms with Gasteiger partial charge in [0.2, 0.25) is 12.7 Å². The number of para-hydroxylation sites is 2. The summed E-state index contributed by atoms with van der Waals surface area (Å²) in [7, 11) is 0. The van der Waals surface area contributed by atoms with E-state index in [-0.39, 0.29) is 19.2 Å². The molecule has 140 valence electrons. The highest BCUT2D eigenvalue weighted by atomic mass is 32.1. The maximum Gasteiger partial charge on any atom is 0.240 e. The van der Waals surface area contributed by atoms with E-state index in [0.717, 1.165) is 28.0 Å². The lowest BCUT2D eigenvalue weighted by atomic mass is 10.2. The lowest BCUT2D eigenvalue weighted by Gasteiger charge is -2.10. The van der Waals surface area contributed by atoms with Crippen molar-refractivity contribution in [3.63, 3.8) is 0 Å². The van der Waals surface area contributed by atoms with E-state index in [4.69, 9.17) is 9.47 Å². The van der Waals surface area contributed by atoms with Gasteiger partial charge < -0.3 is 19.4 Å². The Balaban J connectivity index is 1.36. The fraction of sp³-hybridized carbons (Fsp3) is 0.150. The number of carbonyl (C=O) groups is 1. The lowest BCUT2D eigenvalue weighted by Crippen LogP contribution is -2.27. The Morgan fingerprint density at radius 2 is 2.07 bits per heavy atom. The molecule has 0 fully saturated rings. The molecular weight excluding hydrogens is 376 g/mol. The summed E-state index contributed by atoms with van der Waals surface area (Å²) in [5, 5.41) is 4.90. The molecule has 1 aliphatic rings. The van der Waals surface area contributed by atoms with Crippen molar-refractivity contribution in [3.05, 3.63) is 58.9 Å². The van der Waals surface area contributed by atoms with E-state index in [9.17, 15) is 4.79 Å². The minimum absolute atomic E-state index is 0.0997. The van der Waals surface area contributed by atoms with Crippen molar-refractivity contribution in [2.45, 2.75) is 13.1 Å². The number of nitrogens with one attached hydrogen (secondary N) is 1. The summed E-state index contributed by atoms with van der Waals surface area (Å²) in [6.45, 7) is 0.810. The zero-order valence-electron chi connectivity index (χ0n) is 14.8. The van der Waals surface area contributed by atoms with Crippen molar-refractivity contribution < 1.29 is 14.3 Å². The smallest absolute Gasteiger partial charge is 0.240 e. The van der Waals surface area contributed by atoms with E-state index in [1.807, 2.05) is 52.4 Å². The summed E-state index contributed by atoms with van der Waals surface area (Å²) in [4.78, 5) is 21.7. The van der Waals surface area contributed by atoms with Gasteiger partial charge in [-0.15, -0.1) is 11.3 Å². The van der Waals surface area contributed by atoms with Crippen molar-refractivity contribution in [2.75, 3.05) is 6.79 Å². The van der Waals surface area contributed by atoms with Gasteiger partial charge in [-0.1, -0.05) is 18.2 Å². The van der Waals surface area contributed by atoms with E-state index >= 15 is 0 Å². The van der Waals surface area contributed by atoms with Crippen LogP contribution in [-0.4, -0.2) is 27.2 Å². The average Bonchev–Trinajstić information content (AvgIpc) is 3.46. The zero-order chi connectivity index (χ0) is 18.9. The molecule has 2 aromatic carbocycles. The third-order valence-corrected chi connectivity index (χ3v) is 5.13. The monoisotopic (exact) mass is 392 g/mol. The van der Waals surface area contributed by atoms with Gasteiger partial charge in [-0.2, -0.15) is 0 Å². The number of imidazole rings is 1. The van der Waals surface area contributed by atoms with Crippen LogP contribution in [0.3, 0.4) is 0 Å². The highest BCUT2D eigenvalue weighted by Crippen LogP contribution is 2.32. The quantitative estimate of drug-likeness (QED) is 0.564. The fourth-order valence-corrected chi connectivity index (χ4v) is 3.74. The number of thiazole rings is 1. The maximum atomic E-state index is 12.6. The highest BCUT2D eigenvalue weighted by Gasteiger charge is 2.17. The molecule has 2 aromatic heterocycles. The number of aromatic nitrogens is 3. The number of hydrogen-bond donors (Lipinski definition) is 1. The van der Waals surface area contributed by atoms with Crippen molar-refractivity contribution in [3.8, 4) is 23.0 Å². The second-order valence-electron chi connectivity index (χ2n) is 6.35. The SMILES string of the molecule is O=C(Cn1c(-c2cscn2)nc2ccccc21)NCc1ccc2c(c1)OCO2. The molecular formula is C20H16N4O3S. The Bertz CT molecular complexity index is 1150. The highest BCUT2D eigenvalue weighted by molar-refractivity contribution is 7.07. The Morgan fingerprint density at radius 3 is 2.96 bits per heavy atom. The molecule has 0 aliphatic carbocycles. The minimum Gasteiger partial charge on any atom is -0.454 e. The number of fused-ring (bicyclic) bond motifs is 2. The number of carbonyl (C=O) groups excluding carboxylic acids is 1. The zero-order valence-corrected chi connectivity index (χ0v) is 15.6. The molecule has 3 heterocycles. The molecule has 0 atom stereocenters. The minimum atomic E-state index is -0.0997. The van der Waals surface area contributed by atoms with Gasteiger partial charge in [-0.05, 0) is 29.8 Å². The van der Waals surface area contributed by atoms with E-state index in [1.54, 1.807) is 5.51 Å². The first-order valence-corrected chi connectivity index (χ1v) is 9.71. The van der Waals surface area contributed by atoms with Crippen LogP contribution < -0.4 is 14.8 Å². The van der Waals surface area contributed by atoms with Gasteiger partial charge in [0, 0.05) is 11.9 Å². The molecule has 1 amide bonds. The largest absolute Gasteiger partial charge is 0.454 e. The Kier molecular flexibility index (Phi) is 4.17. The van der Waals surface area contributed by atoms with E-state index in [1.165, 1.54) is 11.3 Å². The molecule has 8 heteroatoms. The van der Waals surface area contributed by atoms with Gasteiger partial charge >= 0.3 is 0 Å². The summed E-state index contributed by atoms with van der Waals surface area (Å²) >= 11 is 1.50. The van der Waals surface area contributed by atoms with Crippen LogP contribution >= 0.6 is 11.3 Å². The topological polar surface area (TPSA) is 78.3 Å². The third kappa shape index (κ3) is 3.07. The van der Waals surface area contributed by atoms with Crippen LogP contribution in [0.5, 0.6) is 11.5 Å². The molecule has 7 nitrogen and oxygen atoms in total. The number of ether oxygens (including phenoxy) is 2. The molecule has 1 N–H and O–H groups in total. The second-order valence-corrected chi connectivity index (χ2v) is 7.07. The maximum absolute atomic E-state index is 12.6. The number of hydrogen-bond acceptors (Lipinski definition) is 6. The number of amides is 1. The van der Waals surface area contributed by atoms with Crippen LogP contribution in [0.15, 0.2) is 53.4 Å². The van der Waals surface area contributed by atoms with E-state index < -0.39 is 0 Å². The lowest BCUT2D eigenvalue weighted by molar-refractivity contribution is -0.121. The van der Waals surface area contributed by atoms with Crippen LogP contribution in [-0.2, 0) is 17.9 Å².